The predicted octanol–water partition coefficient (Wildman–Crippen LogP) is 2.65. The van der Waals surface area contributed by atoms with Crippen molar-refractivity contribution in [3.63, 3.8) is 0 Å². The molecule has 0 saturated carbocycles. The molecule has 0 saturated heterocycles. The summed E-state index contributed by atoms with van der Waals surface area (Å²) in [5, 5.41) is 10.1. The van der Waals surface area contributed by atoms with E-state index in [1.807, 2.05) is 0 Å². The minimum Gasteiger partial charge on any atom is -0.507 e. The van der Waals surface area contributed by atoms with E-state index in [0.29, 0.717) is 18.4 Å². The Morgan fingerprint density at radius 2 is 1.80 bits per heavy atom. The van der Waals surface area contributed by atoms with Crippen molar-refractivity contribution in [2.45, 2.75) is 19.8 Å². The highest BCUT2D eigenvalue weighted by atomic mass is 16.3. The van der Waals surface area contributed by atoms with Crippen LogP contribution in [-0.4, -0.2) is 22.5 Å². The number of hydrogen-bond acceptors (Lipinski definition) is 4. The van der Waals surface area contributed by atoms with Crippen molar-refractivity contribution >= 4 is 23.1 Å². The van der Waals surface area contributed by atoms with E-state index in [9.17, 15) is 19.5 Å². The van der Waals surface area contributed by atoms with Crippen LogP contribution in [0.5, 0.6) is 0 Å². The SMILES string of the molecule is CC(=O)CC/C=C/C1=C(O)c2ccccc2C(=O)C1=O. The Hall–Kier alpha value is -2.49. The number of allylic oxidation sites excluding steroid dienone is 3. The number of Topliss-reactive ketones (excluding diaryl/α,β-unsaturated/α-hetero) is 3. The normalized spacial score (nSPS) is 14.8. The zero-order chi connectivity index (χ0) is 14.7. The Bertz CT molecular complexity index is 650. The number of rotatable bonds is 4. The lowest BCUT2D eigenvalue weighted by atomic mass is 9.88. The molecule has 0 heterocycles. The van der Waals surface area contributed by atoms with Gasteiger partial charge in [0.1, 0.15) is 11.5 Å². The number of benzene rings is 1. The Balaban J connectivity index is 2.34. The fraction of sp³-hybridized carbons (Fsp3) is 0.188. The van der Waals surface area contributed by atoms with Gasteiger partial charge in [-0.1, -0.05) is 36.4 Å². The van der Waals surface area contributed by atoms with Gasteiger partial charge in [0.05, 0.1) is 5.57 Å². The standard InChI is InChI=1S/C16H14O4/c1-10(17)6-2-3-9-13-14(18)11-7-4-5-8-12(11)15(19)16(13)20/h3-5,7-9,18H,2,6H2,1H3/b9-3+. The number of aliphatic hydroxyl groups is 1. The van der Waals surface area contributed by atoms with Crippen molar-refractivity contribution in [3.05, 3.63) is 53.1 Å². The minimum atomic E-state index is -0.722. The van der Waals surface area contributed by atoms with E-state index in [-0.39, 0.29) is 22.7 Å². The highest BCUT2D eigenvalue weighted by molar-refractivity contribution is 6.52. The highest BCUT2D eigenvalue weighted by Crippen LogP contribution is 2.28. The van der Waals surface area contributed by atoms with Crippen LogP contribution in [0.1, 0.15) is 35.7 Å². The fourth-order valence-corrected chi connectivity index (χ4v) is 2.03. The molecule has 0 amide bonds. The van der Waals surface area contributed by atoms with Gasteiger partial charge in [-0.3, -0.25) is 9.59 Å². The number of carbonyl (C=O) groups is 3. The van der Waals surface area contributed by atoms with E-state index in [1.54, 1.807) is 24.3 Å². The summed E-state index contributed by atoms with van der Waals surface area (Å²) < 4.78 is 0. The molecular formula is C16H14O4. The molecule has 0 fully saturated rings. The Morgan fingerprint density at radius 3 is 2.45 bits per heavy atom. The molecule has 20 heavy (non-hydrogen) atoms. The number of hydrogen-bond donors (Lipinski definition) is 1. The van der Waals surface area contributed by atoms with Crippen LogP contribution in [0.4, 0.5) is 0 Å². The predicted molar refractivity (Wildman–Crippen MR) is 74.4 cm³/mol. The monoisotopic (exact) mass is 270 g/mol. The second-order valence-electron chi connectivity index (χ2n) is 4.61. The molecule has 4 heteroatoms. The second kappa shape index (κ2) is 5.65. The third-order valence-corrected chi connectivity index (χ3v) is 3.08. The Kier molecular flexibility index (Phi) is 3.94. The van der Waals surface area contributed by atoms with Gasteiger partial charge in [-0.2, -0.15) is 0 Å². The van der Waals surface area contributed by atoms with Crippen LogP contribution in [0.15, 0.2) is 42.0 Å². The molecule has 0 aromatic heterocycles. The minimum absolute atomic E-state index is 0.0164. The number of ketones is 3. The van der Waals surface area contributed by atoms with Gasteiger partial charge < -0.3 is 9.90 Å². The number of carbonyl (C=O) groups excluding carboxylic acids is 3. The maximum Gasteiger partial charge on any atom is 0.237 e. The lowest BCUT2D eigenvalue weighted by Crippen LogP contribution is -2.23. The van der Waals surface area contributed by atoms with Crippen LogP contribution >= 0.6 is 0 Å². The van der Waals surface area contributed by atoms with Gasteiger partial charge in [-0.15, -0.1) is 0 Å². The second-order valence-corrected chi connectivity index (χ2v) is 4.61. The van der Waals surface area contributed by atoms with Crippen molar-refractivity contribution in [2.24, 2.45) is 0 Å². The van der Waals surface area contributed by atoms with E-state index in [1.165, 1.54) is 19.1 Å². The summed E-state index contributed by atoms with van der Waals surface area (Å²) in [6, 6.07) is 6.45. The smallest absolute Gasteiger partial charge is 0.237 e. The molecule has 1 aliphatic carbocycles. The van der Waals surface area contributed by atoms with Crippen molar-refractivity contribution in [1.82, 2.24) is 0 Å². The highest BCUT2D eigenvalue weighted by Gasteiger charge is 2.30. The molecule has 0 spiro atoms. The molecule has 0 atom stereocenters. The zero-order valence-electron chi connectivity index (χ0n) is 11.1. The molecule has 4 nitrogen and oxygen atoms in total. The molecule has 1 aliphatic rings. The van der Waals surface area contributed by atoms with Gasteiger partial charge in [-0.25, -0.2) is 0 Å². The molecular weight excluding hydrogens is 256 g/mol. The molecule has 0 bridgehead atoms. The van der Waals surface area contributed by atoms with E-state index in [2.05, 4.69) is 0 Å². The van der Waals surface area contributed by atoms with E-state index in [0.717, 1.165) is 0 Å². The number of aliphatic hydroxyl groups excluding tert-OH is 1. The third-order valence-electron chi connectivity index (χ3n) is 3.08. The van der Waals surface area contributed by atoms with Gasteiger partial charge in [0.25, 0.3) is 0 Å². The molecule has 0 radical (unpaired) electrons. The Labute approximate surface area is 116 Å². The summed E-state index contributed by atoms with van der Waals surface area (Å²) in [5.41, 5.74) is 0.566. The lowest BCUT2D eigenvalue weighted by Gasteiger charge is -2.15. The molecule has 0 unspecified atom stereocenters. The molecule has 1 N–H and O–H groups in total. The first-order valence-corrected chi connectivity index (χ1v) is 6.30. The Morgan fingerprint density at radius 1 is 1.15 bits per heavy atom. The van der Waals surface area contributed by atoms with Gasteiger partial charge in [0.2, 0.25) is 11.6 Å². The third kappa shape index (κ3) is 2.59. The fourth-order valence-electron chi connectivity index (χ4n) is 2.03. The summed E-state index contributed by atoms with van der Waals surface area (Å²) >= 11 is 0. The van der Waals surface area contributed by atoms with Gasteiger partial charge >= 0.3 is 0 Å². The molecule has 102 valence electrons. The van der Waals surface area contributed by atoms with Crippen molar-refractivity contribution in [1.29, 1.82) is 0 Å². The van der Waals surface area contributed by atoms with Crippen molar-refractivity contribution < 1.29 is 19.5 Å². The topological polar surface area (TPSA) is 71.4 Å². The summed E-state index contributed by atoms with van der Waals surface area (Å²) in [5.74, 6) is -1.49. The molecule has 1 aromatic rings. The van der Waals surface area contributed by atoms with Crippen LogP contribution < -0.4 is 0 Å². The first-order chi connectivity index (χ1) is 9.52. The van der Waals surface area contributed by atoms with Crippen LogP contribution in [0.3, 0.4) is 0 Å². The van der Waals surface area contributed by atoms with Crippen LogP contribution in [0.2, 0.25) is 0 Å². The van der Waals surface area contributed by atoms with Gasteiger partial charge in [0.15, 0.2) is 0 Å². The summed E-state index contributed by atoms with van der Waals surface area (Å²) in [7, 11) is 0. The largest absolute Gasteiger partial charge is 0.507 e. The van der Waals surface area contributed by atoms with Crippen LogP contribution in [0.25, 0.3) is 5.76 Å². The lowest BCUT2D eigenvalue weighted by molar-refractivity contribution is -0.117. The van der Waals surface area contributed by atoms with E-state index >= 15 is 0 Å². The average molecular weight is 270 g/mol. The molecule has 0 aliphatic heterocycles. The van der Waals surface area contributed by atoms with Crippen molar-refractivity contribution in [3.8, 4) is 0 Å². The first kappa shape index (κ1) is 13.9. The molecule has 1 aromatic carbocycles. The van der Waals surface area contributed by atoms with Crippen molar-refractivity contribution in [2.75, 3.05) is 0 Å². The summed E-state index contributed by atoms with van der Waals surface area (Å²) in [4.78, 5) is 34.7. The zero-order valence-corrected chi connectivity index (χ0v) is 11.1. The van der Waals surface area contributed by atoms with Crippen LogP contribution in [-0.2, 0) is 9.59 Å². The maximum atomic E-state index is 11.9. The van der Waals surface area contributed by atoms with Crippen LogP contribution in [0, 0.1) is 0 Å². The summed E-state index contributed by atoms with van der Waals surface area (Å²) in [6.07, 6.45) is 3.86. The quantitative estimate of drug-likeness (QED) is 0.854. The first-order valence-electron chi connectivity index (χ1n) is 6.30. The van der Waals surface area contributed by atoms with E-state index < -0.39 is 11.6 Å². The molecule has 2 rings (SSSR count). The van der Waals surface area contributed by atoms with Gasteiger partial charge in [0, 0.05) is 17.5 Å². The average Bonchev–Trinajstić information content (AvgIpc) is 2.44. The number of fused-ring (bicyclic) bond motifs is 1. The van der Waals surface area contributed by atoms with Gasteiger partial charge in [-0.05, 0) is 13.3 Å². The van der Waals surface area contributed by atoms with E-state index in [4.69, 9.17) is 0 Å². The summed E-state index contributed by atoms with van der Waals surface area (Å²) in [6.45, 7) is 1.48. The maximum absolute atomic E-state index is 11.9.